The summed E-state index contributed by atoms with van der Waals surface area (Å²) in [5.41, 5.74) is 11.9. The summed E-state index contributed by atoms with van der Waals surface area (Å²) in [5.74, 6) is 0.820. The maximum Gasteiger partial charge on any atom is 0.203 e. The van der Waals surface area contributed by atoms with Crippen molar-refractivity contribution in [2.24, 2.45) is 10.7 Å². The second-order valence-corrected chi connectivity index (χ2v) is 8.56. The first-order valence-corrected chi connectivity index (χ1v) is 11.6. The van der Waals surface area contributed by atoms with Crippen molar-refractivity contribution < 1.29 is 9.47 Å². The van der Waals surface area contributed by atoms with Gasteiger partial charge in [-0.2, -0.15) is 0 Å². The fourth-order valence-corrected chi connectivity index (χ4v) is 4.60. The molecule has 2 heterocycles. The Morgan fingerprint density at radius 1 is 0.971 bits per heavy atom. The van der Waals surface area contributed by atoms with Gasteiger partial charge >= 0.3 is 0 Å². The van der Waals surface area contributed by atoms with Gasteiger partial charge in [-0.05, 0) is 30.7 Å². The van der Waals surface area contributed by atoms with Crippen molar-refractivity contribution in [1.29, 1.82) is 0 Å². The van der Waals surface area contributed by atoms with Crippen LogP contribution in [0.15, 0.2) is 83.9 Å². The van der Waals surface area contributed by atoms with Gasteiger partial charge in [-0.1, -0.05) is 60.7 Å². The Bertz CT molecular complexity index is 1300. The largest absolute Gasteiger partial charge is 0.489 e. The number of hydrogen-bond donors (Lipinski definition) is 1. The third-order valence-corrected chi connectivity index (χ3v) is 6.16. The summed E-state index contributed by atoms with van der Waals surface area (Å²) in [6.45, 7) is 3.69. The Kier molecular flexibility index (Phi) is 6.34. The standard InChI is InChI=1S/C28H30N4O2/c1-20(29)25-17-22-11-6-7-13-24(22)32(25)28-30-18-23-12-8-14-26(34-16-15-33-2)27(23)31(28)19-21-9-4-3-5-10-21/h3-14,17-18,20,28H,15-16,19,29H2,1-2H3. The van der Waals surface area contributed by atoms with E-state index in [0.29, 0.717) is 19.8 Å². The van der Waals surface area contributed by atoms with Crippen LogP contribution in [0.5, 0.6) is 5.75 Å². The van der Waals surface area contributed by atoms with Crippen molar-refractivity contribution in [3.05, 3.63) is 95.7 Å². The molecule has 2 unspecified atom stereocenters. The number of para-hydroxylation sites is 2. The fraction of sp³-hybridized carbons (Fsp3) is 0.250. The number of nitrogens with zero attached hydrogens (tertiary/aromatic N) is 3. The summed E-state index contributed by atoms with van der Waals surface area (Å²) < 4.78 is 13.7. The van der Waals surface area contributed by atoms with Crippen LogP contribution >= 0.6 is 0 Å². The summed E-state index contributed by atoms with van der Waals surface area (Å²) >= 11 is 0. The molecular weight excluding hydrogens is 424 g/mol. The summed E-state index contributed by atoms with van der Waals surface area (Å²) in [6.07, 6.45) is 1.64. The molecule has 5 rings (SSSR count). The lowest BCUT2D eigenvalue weighted by atomic mass is 10.1. The maximum absolute atomic E-state index is 6.46. The van der Waals surface area contributed by atoms with Crippen LogP contribution in [0.25, 0.3) is 10.9 Å². The van der Waals surface area contributed by atoms with E-state index >= 15 is 0 Å². The van der Waals surface area contributed by atoms with Crippen LogP contribution in [-0.4, -0.2) is 31.1 Å². The van der Waals surface area contributed by atoms with Gasteiger partial charge in [0.25, 0.3) is 0 Å². The summed E-state index contributed by atoms with van der Waals surface area (Å²) in [4.78, 5) is 7.36. The van der Waals surface area contributed by atoms with Gasteiger partial charge in [0.15, 0.2) is 0 Å². The molecule has 0 saturated heterocycles. The first-order valence-electron chi connectivity index (χ1n) is 11.6. The van der Waals surface area contributed by atoms with Crippen molar-refractivity contribution in [2.75, 3.05) is 25.2 Å². The van der Waals surface area contributed by atoms with Gasteiger partial charge in [0.1, 0.15) is 12.4 Å². The Morgan fingerprint density at radius 2 is 1.76 bits per heavy atom. The van der Waals surface area contributed by atoms with Crippen LogP contribution in [0.1, 0.15) is 36.1 Å². The molecule has 1 aliphatic heterocycles. The SMILES string of the molecule is COCCOc1cccc2c1N(Cc1ccccc1)C(n1c(C(C)N)cc3ccccc31)N=C2. The molecule has 1 aromatic heterocycles. The second-order valence-electron chi connectivity index (χ2n) is 8.56. The number of hydrogen-bond acceptors (Lipinski definition) is 5. The highest BCUT2D eigenvalue weighted by Crippen LogP contribution is 2.42. The third kappa shape index (κ3) is 4.18. The van der Waals surface area contributed by atoms with Gasteiger partial charge in [-0.25, -0.2) is 4.99 Å². The quantitative estimate of drug-likeness (QED) is 0.368. The predicted octanol–water partition coefficient (Wildman–Crippen LogP) is 5.28. The first-order chi connectivity index (χ1) is 16.7. The van der Waals surface area contributed by atoms with E-state index in [0.717, 1.165) is 33.6 Å². The van der Waals surface area contributed by atoms with E-state index in [1.807, 2.05) is 31.3 Å². The van der Waals surface area contributed by atoms with E-state index in [4.69, 9.17) is 20.2 Å². The molecule has 0 radical (unpaired) electrons. The van der Waals surface area contributed by atoms with Gasteiger partial charge < -0.3 is 24.7 Å². The lowest BCUT2D eigenvalue weighted by Gasteiger charge is -2.38. The van der Waals surface area contributed by atoms with E-state index in [1.165, 1.54) is 5.56 Å². The summed E-state index contributed by atoms with van der Waals surface area (Å²) in [5, 5.41) is 1.15. The van der Waals surface area contributed by atoms with Crippen LogP contribution in [-0.2, 0) is 11.3 Å². The molecule has 34 heavy (non-hydrogen) atoms. The molecule has 0 bridgehead atoms. The molecule has 0 saturated carbocycles. The topological polar surface area (TPSA) is 65.0 Å². The number of nitrogens with two attached hydrogens (primary N) is 1. The van der Waals surface area contributed by atoms with Crippen LogP contribution in [0, 0.1) is 0 Å². The number of methoxy groups -OCH3 is 1. The van der Waals surface area contributed by atoms with E-state index in [9.17, 15) is 0 Å². The van der Waals surface area contributed by atoms with Crippen molar-refractivity contribution in [3.63, 3.8) is 0 Å². The second kappa shape index (κ2) is 9.71. The molecule has 1 aliphatic rings. The highest BCUT2D eigenvalue weighted by atomic mass is 16.5. The molecule has 6 heteroatoms. The van der Waals surface area contributed by atoms with Gasteiger partial charge in [-0.15, -0.1) is 0 Å². The van der Waals surface area contributed by atoms with Gasteiger partial charge in [0.2, 0.25) is 6.29 Å². The lowest BCUT2D eigenvalue weighted by Crippen LogP contribution is -2.36. The average molecular weight is 455 g/mol. The maximum atomic E-state index is 6.46. The number of aliphatic imine (C=N–C) groups is 1. The smallest absolute Gasteiger partial charge is 0.203 e. The molecule has 0 amide bonds. The molecule has 6 nitrogen and oxygen atoms in total. The van der Waals surface area contributed by atoms with E-state index < -0.39 is 0 Å². The Labute approximate surface area is 200 Å². The molecule has 0 aliphatic carbocycles. The van der Waals surface area contributed by atoms with Crippen molar-refractivity contribution >= 4 is 22.8 Å². The monoisotopic (exact) mass is 454 g/mol. The highest BCUT2D eigenvalue weighted by Gasteiger charge is 2.31. The van der Waals surface area contributed by atoms with Crippen LogP contribution in [0.4, 0.5) is 5.69 Å². The van der Waals surface area contributed by atoms with E-state index in [1.54, 1.807) is 7.11 Å². The number of aromatic nitrogens is 1. The molecule has 0 fully saturated rings. The van der Waals surface area contributed by atoms with Crippen LogP contribution in [0.3, 0.4) is 0 Å². The minimum absolute atomic E-state index is 0.143. The van der Waals surface area contributed by atoms with Gasteiger partial charge in [-0.3, -0.25) is 0 Å². The summed E-state index contributed by atoms with van der Waals surface area (Å²) in [6, 6.07) is 27.0. The van der Waals surface area contributed by atoms with Crippen molar-refractivity contribution in [1.82, 2.24) is 4.57 Å². The predicted molar refractivity (Wildman–Crippen MR) is 138 cm³/mol. The molecule has 2 N–H and O–H groups in total. The minimum atomic E-state index is -0.305. The third-order valence-electron chi connectivity index (χ3n) is 6.16. The number of fused-ring (bicyclic) bond motifs is 2. The number of anilines is 1. The van der Waals surface area contributed by atoms with Crippen molar-refractivity contribution in [2.45, 2.75) is 25.8 Å². The minimum Gasteiger partial charge on any atom is -0.489 e. The lowest BCUT2D eigenvalue weighted by molar-refractivity contribution is 0.146. The van der Waals surface area contributed by atoms with E-state index in [-0.39, 0.29) is 12.3 Å². The zero-order valence-corrected chi connectivity index (χ0v) is 19.6. The average Bonchev–Trinajstić information content (AvgIpc) is 3.25. The highest BCUT2D eigenvalue weighted by molar-refractivity contribution is 5.93. The van der Waals surface area contributed by atoms with Crippen LogP contribution in [0.2, 0.25) is 0 Å². The molecule has 2 atom stereocenters. The molecular formula is C28H30N4O2. The summed E-state index contributed by atoms with van der Waals surface area (Å²) in [7, 11) is 1.68. The van der Waals surface area contributed by atoms with Crippen LogP contribution < -0.4 is 15.4 Å². The molecule has 174 valence electrons. The van der Waals surface area contributed by atoms with Gasteiger partial charge in [0.05, 0.1) is 17.8 Å². The zero-order valence-electron chi connectivity index (χ0n) is 19.6. The Balaban J connectivity index is 1.67. The normalized spacial score (nSPS) is 16.0. The van der Waals surface area contributed by atoms with Crippen molar-refractivity contribution in [3.8, 4) is 5.75 Å². The fourth-order valence-electron chi connectivity index (χ4n) is 4.60. The Morgan fingerprint density at radius 3 is 2.56 bits per heavy atom. The molecule has 3 aromatic carbocycles. The Hall–Kier alpha value is -3.61. The number of ether oxygens (including phenoxy) is 2. The number of rotatable bonds is 8. The molecule has 0 spiro atoms. The number of benzene rings is 3. The van der Waals surface area contributed by atoms with E-state index in [2.05, 4.69) is 70.1 Å². The first kappa shape index (κ1) is 22.2. The zero-order chi connectivity index (χ0) is 23.5. The molecule has 4 aromatic rings. The van der Waals surface area contributed by atoms with Gasteiger partial charge in [0, 0.05) is 42.6 Å².